The standard InChI is InChI=1S/C21H19FN2O2S/c1-23-18-12-19(24(2)14-6-4-3-5-7-14)20(27)11-15(18)13-8-9-17(22)16(10-13)21(25)26/h3-12,23,27H,1-2H3,(H,25,26). The lowest BCUT2D eigenvalue weighted by atomic mass is 10.00. The highest BCUT2D eigenvalue weighted by Gasteiger charge is 2.16. The number of aromatic carboxylic acids is 1. The fourth-order valence-electron chi connectivity index (χ4n) is 2.94. The van der Waals surface area contributed by atoms with Gasteiger partial charge in [0.2, 0.25) is 0 Å². The molecule has 0 radical (unpaired) electrons. The molecule has 0 aliphatic rings. The third kappa shape index (κ3) is 3.75. The van der Waals surface area contributed by atoms with Crippen LogP contribution in [-0.2, 0) is 0 Å². The monoisotopic (exact) mass is 382 g/mol. The first-order valence-electron chi connectivity index (χ1n) is 8.29. The fourth-order valence-corrected chi connectivity index (χ4v) is 3.28. The molecule has 0 aliphatic carbocycles. The number of carboxylic acid groups (broad SMARTS) is 1. The SMILES string of the molecule is CNc1cc(N(C)c2ccccc2)c(S)cc1-c1ccc(F)c(C(=O)O)c1. The zero-order chi connectivity index (χ0) is 19.6. The molecule has 3 aromatic carbocycles. The molecular formula is C21H19FN2O2S. The molecule has 6 heteroatoms. The van der Waals surface area contributed by atoms with E-state index in [1.807, 2.05) is 54.4 Å². The van der Waals surface area contributed by atoms with Crippen LogP contribution in [0.2, 0.25) is 0 Å². The highest BCUT2D eigenvalue weighted by Crippen LogP contribution is 2.38. The zero-order valence-corrected chi connectivity index (χ0v) is 15.8. The molecular weight excluding hydrogens is 363 g/mol. The lowest BCUT2D eigenvalue weighted by Gasteiger charge is -2.23. The van der Waals surface area contributed by atoms with Gasteiger partial charge in [-0.15, -0.1) is 12.6 Å². The summed E-state index contributed by atoms with van der Waals surface area (Å²) in [5.41, 5.74) is 3.67. The Hall–Kier alpha value is -2.99. The maximum absolute atomic E-state index is 13.7. The second kappa shape index (κ2) is 7.72. The fraction of sp³-hybridized carbons (Fsp3) is 0.0952. The van der Waals surface area contributed by atoms with Crippen molar-refractivity contribution in [3.63, 3.8) is 0 Å². The van der Waals surface area contributed by atoms with Crippen molar-refractivity contribution in [2.75, 3.05) is 24.3 Å². The van der Waals surface area contributed by atoms with Crippen LogP contribution in [0.25, 0.3) is 11.1 Å². The Morgan fingerprint density at radius 3 is 2.44 bits per heavy atom. The number of carbonyl (C=O) groups is 1. The van der Waals surface area contributed by atoms with E-state index >= 15 is 0 Å². The van der Waals surface area contributed by atoms with Crippen LogP contribution in [0.5, 0.6) is 0 Å². The molecule has 0 spiro atoms. The molecule has 0 aromatic heterocycles. The molecule has 0 fully saturated rings. The highest BCUT2D eigenvalue weighted by atomic mass is 32.1. The van der Waals surface area contributed by atoms with Crippen LogP contribution in [0.15, 0.2) is 65.6 Å². The smallest absolute Gasteiger partial charge is 0.338 e. The number of halogens is 1. The predicted molar refractivity (Wildman–Crippen MR) is 110 cm³/mol. The van der Waals surface area contributed by atoms with Crippen LogP contribution in [0, 0.1) is 5.82 Å². The van der Waals surface area contributed by atoms with Crippen LogP contribution >= 0.6 is 12.6 Å². The van der Waals surface area contributed by atoms with Crippen molar-refractivity contribution in [3.05, 3.63) is 72.0 Å². The molecule has 0 unspecified atom stereocenters. The van der Waals surface area contributed by atoms with Crippen LogP contribution < -0.4 is 10.2 Å². The van der Waals surface area contributed by atoms with Gasteiger partial charge in [0.05, 0.1) is 11.3 Å². The Bertz CT molecular complexity index is 993. The third-order valence-corrected chi connectivity index (χ3v) is 4.75. The molecule has 138 valence electrons. The van der Waals surface area contributed by atoms with E-state index in [0.29, 0.717) is 5.56 Å². The van der Waals surface area contributed by atoms with Gasteiger partial charge in [-0.2, -0.15) is 0 Å². The summed E-state index contributed by atoms with van der Waals surface area (Å²) in [6.07, 6.45) is 0. The predicted octanol–water partition coefficient (Wildman–Crippen LogP) is 5.29. The number of nitrogens with zero attached hydrogens (tertiary/aromatic N) is 1. The van der Waals surface area contributed by atoms with E-state index in [0.717, 1.165) is 27.5 Å². The van der Waals surface area contributed by atoms with Gasteiger partial charge >= 0.3 is 5.97 Å². The minimum atomic E-state index is -1.30. The molecule has 3 aromatic rings. The summed E-state index contributed by atoms with van der Waals surface area (Å²) in [5.74, 6) is -2.06. The Balaban J connectivity index is 2.10. The van der Waals surface area contributed by atoms with Crippen molar-refractivity contribution in [1.82, 2.24) is 0 Å². The second-order valence-electron chi connectivity index (χ2n) is 6.03. The van der Waals surface area contributed by atoms with Gasteiger partial charge < -0.3 is 15.3 Å². The second-order valence-corrected chi connectivity index (χ2v) is 6.51. The summed E-state index contributed by atoms with van der Waals surface area (Å²) in [6, 6.07) is 17.7. The van der Waals surface area contributed by atoms with Crippen LogP contribution in [0.4, 0.5) is 21.5 Å². The average Bonchev–Trinajstić information content (AvgIpc) is 2.68. The number of rotatable bonds is 5. The molecule has 0 amide bonds. The first kappa shape index (κ1) is 18.8. The lowest BCUT2D eigenvalue weighted by Crippen LogP contribution is -2.11. The summed E-state index contributed by atoms with van der Waals surface area (Å²) in [5, 5.41) is 12.3. The number of benzene rings is 3. The molecule has 0 aliphatic heterocycles. The summed E-state index contributed by atoms with van der Waals surface area (Å²) in [4.78, 5) is 14.0. The van der Waals surface area contributed by atoms with Crippen LogP contribution in [0.1, 0.15) is 10.4 Å². The van der Waals surface area contributed by atoms with Gasteiger partial charge in [-0.05, 0) is 42.0 Å². The van der Waals surface area contributed by atoms with E-state index in [-0.39, 0.29) is 5.56 Å². The van der Waals surface area contributed by atoms with Crippen molar-refractivity contribution >= 4 is 35.7 Å². The van der Waals surface area contributed by atoms with Gasteiger partial charge in [0, 0.05) is 35.9 Å². The van der Waals surface area contributed by atoms with Crippen molar-refractivity contribution in [2.45, 2.75) is 4.90 Å². The average molecular weight is 382 g/mol. The van der Waals surface area contributed by atoms with Crippen molar-refractivity contribution in [1.29, 1.82) is 0 Å². The zero-order valence-electron chi connectivity index (χ0n) is 14.9. The molecule has 3 rings (SSSR count). The van der Waals surface area contributed by atoms with Gasteiger partial charge in [-0.25, -0.2) is 9.18 Å². The highest BCUT2D eigenvalue weighted by molar-refractivity contribution is 7.80. The van der Waals surface area contributed by atoms with Crippen LogP contribution in [-0.4, -0.2) is 25.2 Å². The molecule has 0 bridgehead atoms. The molecule has 27 heavy (non-hydrogen) atoms. The Kier molecular flexibility index (Phi) is 5.37. The van der Waals surface area contributed by atoms with Gasteiger partial charge in [-0.3, -0.25) is 0 Å². The summed E-state index contributed by atoms with van der Waals surface area (Å²) in [6.45, 7) is 0. The van der Waals surface area contributed by atoms with Gasteiger partial charge in [-0.1, -0.05) is 24.3 Å². The molecule has 2 N–H and O–H groups in total. The lowest BCUT2D eigenvalue weighted by molar-refractivity contribution is 0.0692. The van der Waals surface area contributed by atoms with E-state index in [4.69, 9.17) is 0 Å². The van der Waals surface area contributed by atoms with E-state index < -0.39 is 11.8 Å². The molecule has 0 heterocycles. The van der Waals surface area contributed by atoms with Gasteiger partial charge in [0.1, 0.15) is 5.82 Å². The number of para-hydroxylation sites is 1. The van der Waals surface area contributed by atoms with Crippen molar-refractivity contribution in [3.8, 4) is 11.1 Å². The minimum Gasteiger partial charge on any atom is -0.478 e. The van der Waals surface area contributed by atoms with E-state index in [2.05, 4.69) is 17.9 Å². The van der Waals surface area contributed by atoms with Gasteiger partial charge in [0.15, 0.2) is 0 Å². The molecule has 0 saturated heterocycles. The first-order valence-corrected chi connectivity index (χ1v) is 8.74. The summed E-state index contributed by atoms with van der Waals surface area (Å²) in [7, 11) is 3.73. The number of thiol groups is 1. The largest absolute Gasteiger partial charge is 0.478 e. The molecule has 0 saturated carbocycles. The first-order chi connectivity index (χ1) is 12.9. The Morgan fingerprint density at radius 1 is 1.11 bits per heavy atom. The normalized spacial score (nSPS) is 10.5. The van der Waals surface area contributed by atoms with E-state index in [1.165, 1.54) is 12.1 Å². The number of anilines is 3. The third-order valence-electron chi connectivity index (χ3n) is 4.40. The Labute approximate surface area is 162 Å². The van der Waals surface area contributed by atoms with E-state index in [9.17, 15) is 14.3 Å². The molecule has 0 atom stereocenters. The molecule has 4 nitrogen and oxygen atoms in total. The van der Waals surface area contributed by atoms with Crippen molar-refractivity contribution in [2.24, 2.45) is 0 Å². The minimum absolute atomic E-state index is 0.360. The maximum atomic E-state index is 13.7. The maximum Gasteiger partial charge on any atom is 0.338 e. The van der Waals surface area contributed by atoms with E-state index in [1.54, 1.807) is 13.1 Å². The van der Waals surface area contributed by atoms with Crippen molar-refractivity contribution < 1.29 is 14.3 Å². The summed E-state index contributed by atoms with van der Waals surface area (Å²) < 4.78 is 13.7. The number of carboxylic acids is 1. The topological polar surface area (TPSA) is 52.6 Å². The quantitative estimate of drug-likeness (QED) is 0.525. The Morgan fingerprint density at radius 2 is 1.81 bits per heavy atom. The van der Waals surface area contributed by atoms with Gasteiger partial charge in [0.25, 0.3) is 0 Å². The summed E-state index contributed by atoms with van der Waals surface area (Å²) >= 11 is 4.62. The number of nitrogens with one attached hydrogen (secondary N) is 1. The number of hydrogen-bond acceptors (Lipinski definition) is 4. The number of hydrogen-bond donors (Lipinski definition) is 3. The van der Waals surface area contributed by atoms with Crippen LogP contribution in [0.3, 0.4) is 0 Å².